The van der Waals surface area contributed by atoms with Crippen LogP contribution >= 0.6 is 12.2 Å². The Labute approximate surface area is 209 Å². The van der Waals surface area contributed by atoms with E-state index in [1.807, 2.05) is 0 Å². The van der Waals surface area contributed by atoms with Gasteiger partial charge in [-0.2, -0.15) is 0 Å². The normalized spacial score (nSPS) is 10.8. The average molecular weight is 516 g/mol. The van der Waals surface area contributed by atoms with Crippen LogP contribution in [0, 0.1) is 0 Å². The summed E-state index contributed by atoms with van der Waals surface area (Å²) >= 11 is 5.23. The van der Waals surface area contributed by atoms with Crippen LogP contribution in [0.5, 0.6) is 11.5 Å². The van der Waals surface area contributed by atoms with Crippen molar-refractivity contribution in [2.45, 2.75) is 4.90 Å². The lowest BCUT2D eigenvalue weighted by molar-refractivity contribution is 0.0970. The van der Waals surface area contributed by atoms with E-state index in [0.717, 1.165) is 0 Å². The van der Waals surface area contributed by atoms with Crippen molar-refractivity contribution in [2.24, 2.45) is 0 Å². The minimum atomic E-state index is -3.79. The molecule has 0 aliphatic carbocycles. The highest BCUT2D eigenvalue weighted by atomic mass is 32.2. The number of hydrogen-bond donors (Lipinski definition) is 3. The molecule has 0 heterocycles. The molecule has 35 heavy (non-hydrogen) atoms. The van der Waals surface area contributed by atoms with E-state index in [4.69, 9.17) is 26.4 Å². The summed E-state index contributed by atoms with van der Waals surface area (Å²) in [6.07, 6.45) is 0. The van der Waals surface area contributed by atoms with Crippen LogP contribution in [0.25, 0.3) is 0 Å². The van der Waals surface area contributed by atoms with Gasteiger partial charge in [-0.25, -0.2) is 8.42 Å². The number of benzene rings is 3. The van der Waals surface area contributed by atoms with Crippen molar-refractivity contribution in [3.05, 3.63) is 78.4 Å². The first-order valence-corrected chi connectivity index (χ1v) is 12.3. The third-order valence-corrected chi connectivity index (χ3v) is 6.27. The van der Waals surface area contributed by atoms with Crippen molar-refractivity contribution in [3.63, 3.8) is 0 Å². The summed E-state index contributed by atoms with van der Waals surface area (Å²) in [5, 5.41) is 5.51. The molecule has 3 aromatic carbocycles. The number of anilines is 2. The Kier molecular flexibility index (Phi) is 9.01. The number of carbonyl (C=O) groups is 1. The molecule has 0 aromatic heterocycles. The standard InChI is InChI=1S/C24H25N3O6S2/c1-31-15-16-33-22-6-4-3-5-21(22)23(28)26-24(34)25-17-9-13-20(14-10-17)35(29,30)27-18-7-11-19(32-2)12-8-18/h3-14,27H,15-16H2,1-2H3,(H2,25,26,28,34). The minimum Gasteiger partial charge on any atom is -0.497 e. The number of para-hydroxylation sites is 1. The number of ether oxygens (including phenoxy) is 3. The minimum absolute atomic E-state index is 0.0497. The zero-order chi connectivity index (χ0) is 25.3. The van der Waals surface area contributed by atoms with Gasteiger partial charge in [-0.05, 0) is 72.9 Å². The molecule has 0 saturated carbocycles. The number of methoxy groups -OCH3 is 2. The van der Waals surface area contributed by atoms with Gasteiger partial charge in [0.2, 0.25) is 0 Å². The maximum absolute atomic E-state index is 12.7. The highest BCUT2D eigenvalue weighted by molar-refractivity contribution is 7.92. The highest BCUT2D eigenvalue weighted by Crippen LogP contribution is 2.21. The average Bonchev–Trinajstić information content (AvgIpc) is 2.85. The van der Waals surface area contributed by atoms with Crippen molar-refractivity contribution in [1.82, 2.24) is 5.32 Å². The van der Waals surface area contributed by atoms with Gasteiger partial charge < -0.3 is 19.5 Å². The fourth-order valence-corrected chi connectivity index (χ4v) is 4.21. The van der Waals surface area contributed by atoms with Crippen molar-refractivity contribution >= 4 is 44.6 Å². The summed E-state index contributed by atoms with van der Waals surface area (Å²) in [5.74, 6) is 0.579. The topological polar surface area (TPSA) is 115 Å². The van der Waals surface area contributed by atoms with Gasteiger partial charge in [0, 0.05) is 18.5 Å². The number of rotatable bonds is 10. The molecule has 3 rings (SSSR count). The number of thiocarbonyl (C=S) groups is 1. The van der Waals surface area contributed by atoms with Gasteiger partial charge in [0.25, 0.3) is 15.9 Å². The van der Waals surface area contributed by atoms with Crippen molar-refractivity contribution in [2.75, 3.05) is 37.5 Å². The van der Waals surface area contributed by atoms with E-state index in [1.54, 1.807) is 67.8 Å². The van der Waals surface area contributed by atoms with Gasteiger partial charge in [-0.15, -0.1) is 0 Å². The predicted molar refractivity (Wildman–Crippen MR) is 138 cm³/mol. The first kappa shape index (κ1) is 25.9. The van der Waals surface area contributed by atoms with E-state index >= 15 is 0 Å². The van der Waals surface area contributed by atoms with Gasteiger partial charge in [0.05, 0.1) is 24.2 Å². The Hall–Kier alpha value is -3.67. The maximum atomic E-state index is 12.7. The predicted octanol–water partition coefficient (Wildman–Crippen LogP) is 3.65. The Morgan fingerprint density at radius 1 is 0.886 bits per heavy atom. The lowest BCUT2D eigenvalue weighted by atomic mass is 10.2. The Morgan fingerprint density at radius 2 is 1.54 bits per heavy atom. The molecule has 0 radical (unpaired) electrons. The van der Waals surface area contributed by atoms with Gasteiger partial charge >= 0.3 is 0 Å². The second-order valence-electron chi connectivity index (χ2n) is 7.10. The van der Waals surface area contributed by atoms with Crippen LogP contribution in [0.1, 0.15) is 10.4 Å². The summed E-state index contributed by atoms with van der Waals surface area (Å²) < 4.78 is 43.4. The molecule has 3 aromatic rings. The molecule has 184 valence electrons. The summed E-state index contributed by atoms with van der Waals surface area (Å²) in [6.45, 7) is 0.684. The molecule has 11 heteroatoms. The van der Waals surface area contributed by atoms with Crippen LogP contribution < -0.4 is 24.8 Å². The first-order chi connectivity index (χ1) is 16.8. The fraction of sp³-hybridized carbons (Fsp3) is 0.167. The summed E-state index contributed by atoms with van der Waals surface area (Å²) in [5.41, 5.74) is 1.23. The van der Waals surface area contributed by atoms with Crippen LogP contribution in [-0.4, -0.2) is 46.9 Å². The number of amides is 1. The molecule has 0 atom stereocenters. The molecular weight excluding hydrogens is 490 g/mol. The molecule has 3 N–H and O–H groups in total. The van der Waals surface area contributed by atoms with Crippen LogP contribution in [0.4, 0.5) is 11.4 Å². The van der Waals surface area contributed by atoms with E-state index in [2.05, 4.69) is 15.4 Å². The lowest BCUT2D eigenvalue weighted by Crippen LogP contribution is -2.34. The van der Waals surface area contributed by atoms with E-state index in [-0.39, 0.29) is 10.0 Å². The zero-order valence-corrected chi connectivity index (χ0v) is 20.7. The second kappa shape index (κ2) is 12.2. The molecular formula is C24H25N3O6S2. The molecule has 1 amide bonds. The highest BCUT2D eigenvalue weighted by Gasteiger charge is 2.16. The largest absolute Gasteiger partial charge is 0.497 e. The molecule has 0 aliphatic rings. The van der Waals surface area contributed by atoms with E-state index < -0.39 is 15.9 Å². The molecule has 0 unspecified atom stereocenters. The van der Waals surface area contributed by atoms with Gasteiger partial charge in [-0.1, -0.05) is 12.1 Å². The SMILES string of the molecule is COCCOc1ccccc1C(=O)NC(=S)Nc1ccc(S(=O)(=O)Nc2ccc(OC)cc2)cc1. The molecule has 0 aliphatic heterocycles. The van der Waals surface area contributed by atoms with Crippen molar-refractivity contribution < 1.29 is 27.4 Å². The molecule has 0 fully saturated rings. The Bertz CT molecular complexity index is 1260. The van der Waals surface area contributed by atoms with Crippen molar-refractivity contribution in [1.29, 1.82) is 0 Å². The van der Waals surface area contributed by atoms with Crippen LogP contribution in [0.3, 0.4) is 0 Å². The smallest absolute Gasteiger partial charge is 0.261 e. The summed E-state index contributed by atoms with van der Waals surface area (Å²) in [6, 6.07) is 19.2. The van der Waals surface area contributed by atoms with Crippen LogP contribution in [0.2, 0.25) is 0 Å². The summed E-state index contributed by atoms with van der Waals surface area (Å²) in [7, 11) is -0.699. The third kappa shape index (κ3) is 7.41. The maximum Gasteiger partial charge on any atom is 0.261 e. The Morgan fingerprint density at radius 3 is 2.20 bits per heavy atom. The third-order valence-electron chi connectivity index (χ3n) is 4.67. The fourth-order valence-electron chi connectivity index (χ4n) is 2.94. The Balaban J connectivity index is 1.60. The number of nitrogens with one attached hydrogen (secondary N) is 3. The zero-order valence-electron chi connectivity index (χ0n) is 19.1. The van der Waals surface area contributed by atoms with E-state index in [1.165, 1.54) is 19.2 Å². The lowest BCUT2D eigenvalue weighted by Gasteiger charge is -2.13. The quantitative estimate of drug-likeness (QED) is 0.277. The van der Waals surface area contributed by atoms with Gasteiger partial charge in [0.15, 0.2) is 5.11 Å². The second-order valence-corrected chi connectivity index (χ2v) is 9.19. The molecule has 0 spiro atoms. The molecule has 9 nitrogen and oxygen atoms in total. The van der Waals surface area contributed by atoms with E-state index in [9.17, 15) is 13.2 Å². The van der Waals surface area contributed by atoms with Crippen LogP contribution in [0.15, 0.2) is 77.7 Å². The number of hydrogen-bond acceptors (Lipinski definition) is 7. The number of sulfonamides is 1. The first-order valence-electron chi connectivity index (χ1n) is 10.4. The van der Waals surface area contributed by atoms with Gasteiger partial charge in [-0.3, -0.25) is 14.8 Å². The van der Waals surface area contributed by atoms with Gasteiger partial charge in [0.1, 0.15) is 18.1 Å². The number of carbonyl (C=O) groups excluding carboxylic acids is 1. The molecule has 0 saturated heterocycles. The van der Waals surface area contributed by atoms with E-state index in [0.29, 0.717) is 41.7 Å². The van der Waals surface area contributed by atoms with Crippen LogP contribution in [-0.2, 0) is 14.8 Å². The molecule has 0 bridgehead atoms. The summed E-state index contributed by atoms with van der Waals surface area (Å²) in [4.78, 5) is 12.7. The monoisotopic (exact) mass is 515 g/mol. The van der Waals surface area contributed by atoms with Crippen molar-refractivity contribution in [3.8, 4) is 11.5 Å².